The summed E-state index contributed by atoms with van der Waals surface area (Å²) in [4.78, 5) is 12.6. The van der Waals surface area contributed by atoms with Crippen molar-refractivity contribution in [3.8, 4) is 17.0 Å². The van der Waals surface area contributed by atoms with Gasteiger partial charge in [0.2, 0.25) is 0 Å². The Hall–Kier alpha value is -3.07. The van der Waals surface area contributed by atoms with Gasteiger partial charge in [-0.05, 0) is 37.7 Å². The summed E-state index contributed by atoms with van der Waals surface area (Å²) in [7, 11) is 3.68. The van der Waals surface area contributed by atoms with Crippen LogP contribution in [0.1, 0.15) is 18.1 Å². The maximum Gasteiger partial charge on any atom is 0.191 e. The summed E-state index contributed by atoms with van der Waals surface area (Å²) < 4.78 is 22.6. The Bertz CT molecular complexity index is 1050. The molecule has 1 saturated heterocycles. The maximum absolute atomic E-state index is 15.2. The van der Waals surface area contributed by atoms with Crippen LogP contribution in [0.15, 0.2) is 30.6 Å². The first-order valence-electron chi connectivity index (χ1n) is 10.1. The van der Waals surface area contributed by atoms with Crippen molar-refractivity contribution < 1.29 is 9.13 Å². The number of hydrogen-bond acceptors (Lipinski definition) is 7. The van der Waals surface area contributed by atoms with Gasteiger partial charge in [0.1, 0.15) is 29.4 Å². The molecule has 0 spiro atoms. The smallest absolute Gasteiger partial charge is 0.191 e. The molecule has 0 unspecified atom stereocenters. The molecule has 3 aromatic rings. The number of methoxy groups -OCH3 is 1. The zero-order valence-corrected chi connectivity index (χ0v) is 17.1. The first-order valence-corrected chi connectivity index (χ1v) is 10.1. The number of likely N-dealkylation sites (N-methyl/N-ethyl adjacent to an activating group) is 1. The third kappa shape index (κ3) is 3.28. The van der Waals surface area contributed by atoms with Crippen LogP contribution >= 0.6 is 0 Å². The molecule has 30 heavy (non-hydrogen) atoms. The van der Waals surface area contributed by atoms with Gasteiger partial charge in [-0.25, -0.2) is 14.4 Å². The van der Waals surface area contributed by atoms with Crippen LogP contribution in [0.25, 0.3) is 11.3 Å². The van der Waals surface area contributed by atoms with E-state index in [-0.39, 0.29) is 5.82 Å². The summed E-state index contributed by atoms with van der Waals surface area (Å²) in [6, 6.07) is 7.52. The molecule has 5 rings (SSSR count). The van der Waals surface area contributed by atoms with E-state index >= 15 is 4.39 Å². The Balaban J connectivity index is 1.26. The maximum atomic E-state index is 15.2. The topological polar surface area (TPSA) is 72.2 Å². The highest BCUT2D eigenvalue weighted by molar-refractivity contribution is 5.65. The molecule has 0 N–H and O–H groups in total. The van der Waals surface area contributed by atoms with Crippen LogP contribution in [-0.4, -0.2) is 62.9 Å². The predicted octanol–water partition coefficient (Wildman–Crippen LogP) is 2.15. The highest BCUT2D eigenvalue weighted by Crippen LogP contribution is 2.30. The summed E-state index contributed by atoms with van der Waals surface area (Å²) in [5, 5.41) is 8.61. The number of aromatic nitrogens is 5. The van der Waals surface area contributed by atoms with Crippen LogP contribution in [0.3, 0.4) is 0 Å². The van der Waals surface area contributed by atoms with E-state index in [4.69, 9.17) is 4.74 Å². The van der Waals surface area contributed by atoms with Crippen molar-refractivity contribution in [2.45, 2.75) is 32.0 Å². The third-order valence-corrected chi connectivity index (χ3v) is 6.00. The van der Waals surface area contributed by atoms with Gasteiger partial charge in [0.05, 0.1) is 13.7 Å². The van der Waals surface area contributed by atoms with E-state index < -0.39 is 0 Å². The molecule has 0 radical (unpaired) electrons. The average Bonchev–Trinajstić information content (AvgIpc) is 3.33. The number of hydrogen-bond donors (Lipinski definition) is 0. The average molecular weight is 409 g/mol. The molecule has 2 aromatic heterocycles. The first-order chi connectivity index (χ1) is 14.6. The molecule has 0 aliphatic carbocycles. The van der Waals surface area contributed by atoms with Crippen molar-refractivity contribution in [2.24, 2.45) is 0 Å². The van der Waals surface area contributed by atoms with Gasteiger partial charge < -0.3 is 14.2 Å². The van der Waals surface area contributed by atoms with Gasteiger partial charge in [-0.15, -0.1) is 10.2 Å². The second-order valence-corrected chi connectivity index (χ2v) is 7.85. The standard InChI is InChI=1S/C21H24FN7O/c1-27(12-18-26-25-17-4-3-9-29(17)18)15-10-28(11-15)21-19(22)20(23-13-24-21)14-5-7-16(30-2)8-6-14/h5-8,13,15H,3-4,9-12H2,1-2H3. The summed E-state index contributed by atoms with van der Waals surface area (Å²) in [6.45, 7) is 3.18. The van der Waals surface area contributed by atoms with Gasteiger partial charge in [-0.1, -0.05) is 0 Å². The van der Waals surface area contributed by atoms with Crippen molar-refractivity contribution in [1.82, 2.24) is 29.6 Å². The van der Waals surface area contributed by atoms with Crippen LogP contribution in [0.4, 0.5) is 10.2 Å². The molecule has 1 fully saturated rings. The number of rotatable bonds is 6. The molecule has 2 aliphatic heterocycles. The van der Waals surface area contributed by atoms with Gasteiger partial charge >= 0.3 is 0 Å². The fourth-order valence-electron chi connectivity index (χ4n) is 4.12. The van der Waals surface area contributed by atoms with E-state index in [1.54, 1.807) is 31.4 Å². The Labute approximate surface area is 174 Å². The fourth-order valence-corrected chi connectivity index (χ4v) is 4.12. The van der Waals surface area contributed by atoms with Gasteiger partial charge in [0, 0.05) is 37.7 Å². The highest BCUT2D eigenvalue weighted by atomic mass is 19.1. The number of nitrogens with zero attached hydrogens (tertiary/aromatic N) is 7. The molecule has 4 heterocycles. The minimum atomic E-state index is -0.390. The van der Waals surface area contributed by atoms with Gasteiger partial charge in [-0.3, -0.25) is 4.90 Å². The van der Waals surface area contributed by atoms with E-state index in [0.29, 0.717) is 36.2 Å². The predicted molar refractivity (Wildman–Crippen MR) is 110 cm³/mol. The van der Waals surface area contributed by atoms with E-state index in [9.17, 15) is 0 Å². The van der Waals surface area contributed by atoms with E-state index in [1.165, 1.54) is 6.33 Å². The minimum absolute atomic E-state index is 0.304. The number of halogens is 1. The molecular weight excluding hydrogens is 385 g/mol. The lowest BCUT2D eigenvalue weighted by molar-refractivity contribution is 0.189. The molecule has 0 bridgehead atoms. The molecule has 2 aliphatic rings. The Morgan fingerprint density at radius 2 is 1.97 bits per heavy atom. The van der Waals surface area contributed by atoms with Crippen LogP contribution in [0.5, 0.6) is 5.75 Å². The van der Waals surface area contributed by atoms with Crippen molar-refractivity contribution in [1.29, 1.82) is 0 Å². The summed E-state index contributed by atoms with van der Waals surface area (Å²) >= 11 is 0. The summed E-state index contributed by atoms with van der Waals surface area (Å²) in [5.41, 5.74) is 1.00. The quantitative estimate of drug-likeness (QED) is 0.618. The van der Waals surface area contributed by atoms with Crippen LogP contribution in [-0.2, 0) is 19.5 Å². The molecule has 1 aromatic carbocycles. The van der Waals surface area contributed by atoms with Crippen molar-refractivity contribution in [3.05, 3.63) is 48.1 Å². The van der Waals surface area contributed by atoms with Crippen LogP contribution < -0.4 is 9.64 Å². The number of anilines is 1. The number of benzene rings is 1. The second kappa shape index (κ2) is 7.64. The lowest BCUT2D eigenvalue weighted by Gasteiger charge is -2.44. The Kier molecular flexibility index (Phi) is 4.82. The van der Waals surface area contributed by atoms with Crippen molar-refractivity contribution >= 4 is 5.82 Å². The molecule has 0 amide bonds. The largest absolute Gasteiger partial charge is 0.497 e. The SMILES string of the molecule is COc1ccc(-c2ncnc(N3CC(N(C)Cc4nnc5n4CCC5)C3)c2F)cc1. The monoisotopic (exact) mass is 409 g/mol. The van der Waals surface area contributed by atoms with Gasteiger partial charge in [0.25, 0.3) is 0 Å². The molecule has 0 atom stereocenters. The van der Waals surface area contributed by atoms with Crippen LogP contribution in [0, 0.1) is 5.82 Å². The fraction of sp³-hybridized carbons (Fsp3) is 0.429. The van der Waals surface area contributed by atoms with Gasteiger partial charge in [0.15, 0.2) is 11.6 Å². The lowest BCUT2D eigenvalue weighted by Crippen LogP contribution is -2.58. The number of fused-ring (bicyclic) bond motifs is 1. The third-order valence-electron chi connectivity index (χ3n) is 6.00. The molecule has 9 heteroatoms. The van der Waals surface area contributed by atoms with Gasteiger partial charge in [-0.2, -0.15) is 0 Å². The zero-order valence-electron chi connectivity index (χ0n) is 17.1. The normalized spacial score (nSPS) is 16.1. The summed E-state index contributed by atoms with van der Waals surface area (Å²) in [6.07, 6.45) is 3.58. The number of aryl methyl sites for hydroxylation is 1. The highest BCUT2D eigenvalue weighted by Gasteiger charge is 2.34. The molecular formula is C21H24FN7O. The Morgan fingerprint density at radius 1 is 1.17 bits per heavy atom. The first kappa shape index (κ1) is 18.9. The Morgan fingerprint density at radius 3 is 2.73 bits per heavy atom. The van der Waals surface area contributed by atoms with Crippen molar-refractivity contribution in [2.75, 3.05) is 32.1 Å². The zero-order chi connectivity index (χ0) is 20.7. The van der Waals surface area contributed by atoms with E-state index in [2.05, 4.69) is 36.7 Å². The van der Waals surface area contributed by atoms with Crippen LogP contribution in [0.2, 0.25) is 0 Å². The lowest BCUT2D eigenvalue weighted by atomic mass is 10.1. The van der Waals surface area contributed by atoms with E-state index in [0.717, 1.165) is 43.3 Å². The summed E-state index contributed by atoms with van der Waals surface area (Å²) in [5.74, 6) is 2.78. The number of ether oxygens (including phenoxy) is 1. The molecule has 8 nitrogen and oxygen atoms in total. The second-order valence-electron chi connectivity index (χ2n) is 7.85. The molecule has 156 valence electrons. The van der Waals surface area contributed by atoms with Crippen molar-refractivity contribution in [3.63, 3.8) is 0 Å². The minimum Gasteiger partial charge on any atom is -0.497 e. The van der Waals surface area contributed by atoms with E-state index in [1.807, 2.05) is 4.90 Å². The molecule has 0 saturated carbocycles.